The van der Waals surface area contributed by atoms with Crippen molar-refractivity contribution < 1.29 is 9.90 Å². The number of carbonyl (C=O) groups excluding carboxylic acids is 1. The summed E-state index contributed by atoms with van der Waals surface area (Å²) < 4.78 is 0. The zero-order chi connectivity index (χ0) is 18.0. The number of aromatic nitrogens is 1. The molecule has 4 nitrogen and oxygen atoms in total. The van der Waals surface area contributed by atoms with E-state index in [1.807, 2.05) is 13.0 Å². The molecule has 3 N–H and O–H groups in total. The molecule has 0 spiro atoms. The van der Waals surface area contributed by atoms with Crippen molar-refractivity contribution in [1.82, 2.24) is 4.98 Å². The van der Waals surface area contributed by atoms with Crippen molar-refractivity contribution in [2.45, 2.75) is 33.1 Å². The van der Waals surface area contributed by atoms with E-state index in [-0.39, 0.29) is 11.7 Å². The summed E-state index contributed by atoms with van der Waals surface area (Å²) in [4.78, 5) is 15.6. The molecule has 1 aromatic heterocycles. The fraction of sp³-hybridized carbons (Fsp3) is 0.286. The van der Waals surface area contributed by atoms with E-state index in [1.165, 1.54) is 17.6 Å². The normalized spacial score (nSPS) is 19.2. The quantitative estimate of drug-likeness (QED) is 0.687. The molecule has 1 aliphatic rings. The lowest BCUT2D eigenvalue weighted by Gasteiger charge is -2.22. The van der Waals surface area contributed by atoms with E-state index in [2.05, 4.69) is 29.9 Å². The number of nitrogens with one attached hydrogen (secondary N) is 2. The summed E-state index contributed by atoms with van der Waals surface area (Å²) in [7, 11) is 0. The molecule has 4 heteroatoms. The van der Waals surface area contributed by atoms with Gasteiger partial charge in [0.05, 0.1) is 0 Å². The first-order chi connectivity index (χ1) is 11.9. The zero-order valence-corrected chi connectivity index (χ0v) is 14.7. The van der Waals surface area contributed by atoms with E-state index in [0.29, 0.717) is 17.3 Å². The fourth-order valence-corrected chi connectivity index (χ4v) is 3.13. The van der Waals surface area contributed by atoms with E-state index in [1.54, 1.807) is 24.3 Å². The molecular formula is C21H24N2O2. The van der Waals surface area contributed by atoms with Crippen molar-refractivity contribution in [2.24, 2.45) is 5.92 Å². The van der Waals surface area contributed by atoms with Gasteiger partial charge in [-0.2, -0.15) is 0 Å². The third-order valence-electron chi connectivity index (χ3n) is 4.70. The van der Waals surface area contributed by atoms with E-state index in [0.717, 1.165) is 24.1 Å². The lowest BCUT2D eigenvalue weighted by atomic mass is 9.83. The molecule has 0 saturated heterocycles. The number of aryl methyl sites for hydroxylation is 1. The first-order valence-corrected chi connectivity index (χ1v) is 8.61. The largest absolute Gasteiger partial charge is 0.508 e. The van der Waals surface area contributed by atoms with Gasteiger partial charge in [0.25, 0.3) is 5.91 Å². The third-order valence-corrected chi connectivity index (χ3v) is 4.70. The summed E-state index contributed by atoms with van der Waals surface area (Å²) in [6.07, 6.45) is 5.40. The van der Waals surface area contributed by atoms with Crippen LogP contribution in [-0.4, -0.2) is 16.0 Å². The lowest BCUT2D eigenvalue weighted by molar-refractivity contribution is 0.102. The second-order valence-electron chi connectivity index (χ2n) is 6.90. The molecule has 0 bridgehead atoms. The highest BCUT2D eigenvalue weighted by atomic mass is 16.3. The number of benzene rings is 1. The van der Waals surface area contributed by atoms with Crippen LogP contribution in [0.3, 0.4) is 0 Å². The van der Waals surface area contributed by atoms with Gasteiger partial charge in [0.15, 0.2) is 0 Å². The first-order valence-electron chi connectivity index (χ1n) is 8.61. The number of carbonyl (C=O) groups is 1. The number of hydrogen-bond acceptors (Lipinski definition) is 2. The van der Waals surface area contributed by atoms with Crippen molar-refractivity contribution in [3.63, 3.8) is 0 Å². The molecule has 1 fully saturated rings. The Hall–Kier alpha value is -2.75. The Morgan fingerprint density at radius 3 is 2.80 bits per heavy atom. The topological polar surface area (TPSA) is 65.1 Å². The van der Waals surface area contributed by atoms with Crippen LogP contribution in [0.2, 0.25) is 0 Å². The Kier molecular flexibility index (Phi) is 4.79. The first kappa shape index (κ1) is 17.1. The van der Waals surface area contributed by atoms with E-state index < -0.39 is 0 Å². The van der Waals surface area contributed by atoms with Crippen LogP contribution in [0.5, 0.6) is 5.75 Å². The highest BCUT2D eigenvalue weighted by Crippen LogP contribution is 2.33. The smallest absolute Gasteiger partial charge is 0.272 e. The van der Waals surface area contributed by atoms with E-state index in [4.69, 9.17) is 0 Å². The van der Waals surface area contributed by atoms with Crippen molar-refractivity contribution >= 4 is 17.7 Å². The van der Waals surface area contributed by atoms with Gasteiger partial charge in [0, 0.05) is 11.4 Å². The van der Waals surface area contributed by atoms with Crippen molar-refractivity contribution in [3.05, 3.63) is 65.0 Å². The number of hydrogen-bond donors (Lipinski definition) is 3. The summed E-state index contributed by atoms with van der Waals surface area (Å²) in [6.45, 7) is 8.44. The molecule has 2 aromatic rings. The second-order valence-corrected chi connectivity index (χ2v) is 6.90. The number of anilines is 1. The summed E-state index contributed by atoms with van der Waals surface area (Å²) in [6, 6.07) is 8.28. The minimum Gasteiger partial charge on any atom is -0.508 e. The average molecular weight is 336 g/mol. The van der Waals surface area contributed by atoms with Gasteiger partial charge < -0.3 is 15.4 Å². The Morgan fingerprint density at radius 2 is 2.08 bits per heavy atom. The van der Waals surface area contributed by atoms with Gasteiger partial charge in [0.1, 0.15) is 11.4 Å². The van der Waals surface area contributed by atoms with Crippen LogP contribution >= 0.6 is 0 Å². The van der Waals surface area contributed by atoms with Gasteiger partial charge in [-0.1, -0.05) is 19.1 Å². The number of allylic oxidation sites excluding steroid dienone is 2. The summed E-state index contributed by atoms with van der Waals surface area (Å²) in [5, 5.41) is 12.1. The van der Waals surface area contributed by atoms with Crippen LogP contribution in [0.15, 0.2) is 48.1 Å². The number of aromatic amines is 1. The summed E-state index contributed by atoms with van der Waals surface area (Å²) in [5.74, 6) is 0.642. The lowest BCUT2D eigenvalue weighted by Crippen LogP contribution is -2.12. The minimum absolute atomic E-state index is 0.171. The minimum atomic E-state index is -0.200. The summed E-state index contributed by atoms with van der Waals surface area (Å²) >= 11 is 0. The Bertz CT molecular complexity index is 828. The maximum absolute atomic E-state index is 12.4. The predicted octanol–water partition coefficient (Wildman–Crippen LogP) is 5.04. The van der Waals surface area contributed by atoms with Gasteiger partial charge in [0.2, 0.25) is 0 Å². The maximum Gasteiger partial charge on any atom is 0.272 e. The van der Waals surface area contributed by atoms with Gasteiger partial charge in [-0.15, -0.1) is 0 Å². The number of amides is 1. The number of aromatic hydroxyl groups is 1. The van der Waals surface area contributed by atoms with Crippen molar-refractivity contribution in [1.29, 1.82) is 0 Å². The van der Waals surface area contributed by atoms with Crippen LogP contribution in [0, 0.1) is 12.8 Å². The second kappa shape index (κ2) is 7.01. The maximum atomic E-state index is 12.4. The van der Waals surface area contributed by atoms with Crippen LogP contribution in [0.25, 0.3) is 6.08 Å². The predicted molar refractivity (Wildman–Crippen MR) is 102 cm³/mol. The monoisotopic (exact) mass is 336 g/mol. The molecule has 0 radical (unpaired) electrons. The zero-order valence-electron chi connectivity index (χ0n) is 14.7. The molecule has 1 heterocycles. The fourth-order valence-electron chi connectivity index (χ4n) is 3.13. The molecule has 1 aromatic carbocycles. The Labute approximate surface area is 148 Å². The van der Waals surface area contributed by atoms with Crippen LogP contribution in [-0.2, 0) is 0 Å². The molecule has 1 aliphatic carbocycles. The van der Waals surface area contributed by atoms with Crippen molar-refractivity contribution in [2.75, 3.05) is 5.32 Å². The van der Waals surface area contributed by atoms with Crippen LogP contribution < -0.4 is 5.32 Å². The molecule has 1 atom stereocenters. The highest BCUT2D eigenvalue weighted by Gasteiger charge is 2.17. The molecule has 130 valence electrons. The van der Waals surface area contributed by atoms with Gasteiger partial charge >= 0.3 is 0 Å². The van der Waals surface area contributed by atoms with Crippen LogP contribution in [0.4, 0.5) is 5.69 Å². The molecule has 0 aliphatic heterocycles. The Morgan fingerprint density at radius 1 is 1.36 bits per heavy atom. The van der Waals surface area contributed by atoms with Crippen LogP contribution in [0.1, 0.15) is 47.9 Å². The SMILES string of the molecule is C=C1CC[C@H](C)C/C1=C/c1[nH]c(C(=O)Nc2ccc(O)cc2)cc1C. The highest BCUT2D eigenvalue weighted by molar-refractivity contribution is 6.03. The Balaban J connectivity index is 1.78. The third kappa shape index (κ3) is 4.02. The van der Waals surface area contributed by atoms with Crippen molar-refractivity contribution in [3.8, 4) is 5.75 Å². The van der Waals surface area contributed by atoms with E-state index >= 15 is 0 Å². The van der Waals surface area contributed by atoms with E-state index in [9.17, 15) is 9.90 Å². The van der Waals surface area contributed by atoms with Gasteiger partial charge in [-0.25, -0.2) is 0 Å². The molecule has 25 heavy (non-hydrogen) atoms. The average Bonchev–Trinajstić information content (AvgIpc) is 2.94. The summed E-state index contributed by atoms with van der Waals surface area (Å²) in [5.41, 5.74) is 5.63. The molecule has 1 saturated carbocycles. The number of rotatable bonds is 3. The number of H-pyrrole nitrogens is 1. The molecule has 1 amide bonds. The number of phenols is 1. The molecule has 0 unspecified atom stereocenters. The molecule has 3 rings (SSSR count). The van der Waals surface area contributed by atoms with Gasteiger partial charge in [-0.3, -0.25) is 4.79 Å². The number of phenolic OH excluding ortho intramolecular Hbond substituents is 1. The molecular weight excluding hydrogens is 312 g/mol. The standard InChI is InChI=1S/C21H24N2O2/c1-13-4-5-14(2)16(10-13)12-19-15(3)11-20(23-19)21(25)22-17-6-8-18(24)9-7-17/h6-9,11-13,23-24H,2,4-5,10H2,1,3H3,(H,22,25)/b16-12-/t13-/m0/s1. The van der Waals surface area contributed by atoms with Gasteiger partial charge in [-0.05, 0) is 79.6 Å².